The lowest BCUT2D eigenvalue weighted by molar-refractivity contribution is -0.117. The van der Waals surface area contributed by atoms with Gasteiger partial charge in [0.1, 0.15) is 0 Å². The summed E-state index contributed by atoms with van der Waals surface area (Å²) in [5, 5.41) is 0. The second kappa shape index (κ2) is 6.22. The van der Waals surface area contributed by atoms with Gasteiger partial charge in [0, 0.05) is 26.1 Å². The number of benzene rings is 1. The number of rotatable bonds is 3. The summed E-state index contributed by atoms with van der Waals surface area (Å²) in [6.45, 7) is 5.94. The summed E-state index contributed by atoms with van der Waals surface area (Å²) in [6.07, 6.45) is 1.34. The fourth-order valence-corrected chi connectivity index (χ4v) is 4.95. The number of nitrogens with zero attached hydrogens (tertiary/aromatic N) is 2. The van der Waals surface area contributed by atoms with E-state index in [0.29, 0.717) is 49.7 Å². The maximum atomic E-state index is 12.9. The fraction of sp³-hybridized carbons (Fsp3) is 0.562. The van der Waals surface area contributed by atoms with Crippen LogP contribution in [0.4, 0.5) is 5.69 Å². The Hall–Kier alpha value is -1.44. The molecule has 2 heterocycles. The highest BCUT2D eigenvalue weighted by atomic mass is 32.2. The van der Waals surface area contributed by atoms with Crippen LogP contribution in [0.15, 0.2) is 17.0 Å². The maximum Gasteiger partial charge on any atom is 0.243 e. The van der Waals surface area contributed by atoms with Gasteiger partial charge in [-0.1, -0.05) is 6.07 Å². The molecule has 0 radical (unpaired) electrons. The van der Waals surface area contributed by atoms with Gasteiger partial charge >= 0.3 is 0 Å². The third-order valence-corrected chi connectivity index (χ3v) is 6.56. The summed E-state index contributed by atoms with van der Waals surface area (Å²) in [5.74, 6) is 0.0668. The van der Waals surface area contributed by atoms with E-state index in [2.05, 4.69) is 0 Å². The third kappa shape index (κ3) is 2.88. The Morgan fingerprint density at radius 1 is 1.09 bits per heavy atom. The van der Waals surface area contributed by atoms with Crippen LogP contribution in [0.2, 0.25) is 0 Å². The number of carbonyl (C=O) groups is 1. The lowest BCUT2D eigenvalue weighted by Gasteiger charge is -2.28. The van der Waals surface area contributed by atoms with Crippen molar-refractivity contribution in [1.82, 2.24) is 4.31 Å². The molecule has 2 aliphatic rings. The van der Waals surface area contributed by atoms with Crippen LogP contribution in [-0.4, -0.2) is 51.5 Å². The number of sulfonamides is 1. The van der Waals surface area contributed by atoms with E-state index in [4.69, 9.17) is 4.74 Å². The minimum absolute atomic E-state index is 0.0668. The van der Waals surface area contributed by atoms with Crippen LogP contribution in [0.25, 0.3) is 0 Å². The van der Waals surface area contributed by atoms with Gasteiger partial charge in [0.2, 0.25) is 15.9 Å². The Kier molecular flexibility index (Phi) is 4.44. The molecule has 1 aromatic rings. The lowest BCUT2D eigenvalue weighted by Crippen LogP contribution is -2.41. The molecule has 2 saturated heterocycles. The van der Waals surface area contributed by atoms with Gasteiger partial charge in [-0.25, -0.2) is 8.42 Å². The van der Waals surface area contributed by atoms with Gasteiger partial charge < -0.3 is 9.64 Å². The number of amides is 1. The lowest BCUT2D eigenvalue weighted by atomic mass is 10.1. The molecule has 6 nitrogen and oxygen atoms in total. The largest absolute Gasteiger partial charge is 0.379 e. The minimum Gasteiger partial charge on any atom is -0.379 e. The van der Waals surface area contributed by atoms with Crippen LogP contribution < -0.4 is 4.90 Å². The molecule has 0 aromatic heterocycles. The Morgan fingerprint density at radius 3 is 2.39 bits per heavy atom. The summed E-state index contributed by atoms with van der Waals surface area (Å²) >= 11 is 0. The summed E-state index contributed by atoms with van der Waals surface area (Å²) in [4.78, 5) is 14.1. The monoisotopic (exact) mass is 338 g/mol. The van der Waals surface area contributed by atoms with E-state index in [9.17, 15) is 13.2 Å². The first-order valence-corrected chi connectivity index (χ1v) is 9.35. The first-order valence-electron chi connectivity index (χ1n) is 7.91. The SMILES string of the molecule is Cc1ccc(S(=O)(=O)N2CCOCC2)c(C)c1N1CCCC1=O. The molecule has 126 valence electrons. The molecular formula is C16H22N2O4S. The number of ether oxygens (including phenoxy) is 1. The molecular weight excluding hydrogens is 316 g/mol. The fourth-order valence-electron chi connectivity index (χ4n) is 3.32. The van der Waals surface area contributed by atoms with Crippen LogP contribution in [0.1, 0.15) is 24.0 Å². The molecule has 0 spiro atoms. The van der Waals surface area contributed by atoms with Crippen molar-refractivity contribution in [3.05, 3.63) is 23.3 Å². The third-order valence-electron chi connectivity index (χ3n) is 4.51. The van der Waals surface area contributed by atoms with Gasteiger partial charge in [0.15, 0.2) is 0 Å². The Labute approximate surface area is 137 Å². The zero-order valence-corrected chi connectivity index (χ0v) is 14.4. The molecule has 1 aromatic carbocycles. The van der Waals surface area contributed by atoms with Gasteiger partial charge in [0.25, 0.3) is 0 Å². The quantitative estimate of drug-likeness (QED) is 0.837. The van der Waals surface area contributed by atoms with Crippen molar-refractivity contribution in [2.45, 2.75) is 31.6 Å². The van der Waals surface area contributed by atoms with E-state index in [1.807, 2.05) is 6.92 Å². The first-order chi connectivity index (χ1) is 10.9. The average Bonchev–Trinajstić information content (AvgIpc) is 2.94. The molecule has 1 amide bonds. The van der Waals surface area contributed by atoms with Crippen LogP contribution >= 0.6 is 0 Å². The molecule has 7 heteroatoms. The van der Waals surface area contributed by atoms with Crippen molar-refractivity contribution >= 4 is 21.6 Å². The molecule has 2 aliphatic heterocycles. The molecule has 0 aliphatic carbocycles. The van der Waals surface area contributed by atoms with Gasteiger partial charge in [-0.3, -0.25) is 4.79 Å². The molecule has 0 N–H and O–H groups in total. The van der Waals surface area contributed by atoms with Crippen LogP contribution in [0, 0.1) is 13.8 Å². The molecule has 0 bridgehead atoms. The number of anilines is 1. The highest BCUT2D eigenvalue weighted by Gasteiger charge is 2.31. The second-order valence-electron chi connectivity index (χ2n) is 6.02. The van der Waals surface area contributed by atoms with E-state index in [1.54, 1.807) is 24.0 Å². The van der Waals surface area contributed by atoms with Crippen molar-refractivity contribution < 1.29 is 17.9 Å². The topological polar surface area (TPSA) is 66.9 Å². The zero-order chi connectivity index (χ0) is 16.6. The number of aryl methyl sites for hydroxylation is 1. The zero-order valence-electron chi connectivity index (χ0n) is 13.5. The Balaban J connectivity index is 2.05. The first kappa shape index (κ1) is 16.4. The summed E-state index contributed by atoms with van der Waals surface area (Å²) in [7, 11) is -3.56. The summed E-state index contributed by atoms with van der Waals surface area (Å²) in [5.41, 5.74) is 2.34. The predicted octanol–water partition coefficient (Wildman–Crippen LogP) is 1.45. The van der Waals surface area contributed by atoms with E-state index in [1.165, 1.54) is 4.31 Å². The molecule has 3 rings (SSSR count). The molecule has 23 heavy (non-hydrogen) atoms. The molecule has 0 saturated carbocycles. The number of hydrogen-bond donors (Lipinski definition) is 0. The Morgan fingerprint density at radius 2 is 1.78 bits per heavy atom. The number of morpholine rings is 1. The normalized spacial score (nSPS) is 20.3. The Bertz CT molecular complexity index is 724. The van der Waals surface area contributed by atoms with Crippen molar-refractivity contribution in [3.8, 4) is 0 Å². The molecule has 0 unspecified atom stereocenters. The second-order valence-corrected chi connectivity index (χ2v) is 7.93. The van der Waals surface area contributed by atoms with Gasteiger partial charge in [-0.15, -0.1) is 0 Å². The van der Waals surface area contributed by atoms with Gasteiger partial charge in [-0.05, 0) is 37.5 Å². The standard InChI is InChI=1S/C16H22N2O4S/c1-12-5-6-14(23(20,21)17-8-10-22-11-9-17)13(2)16(12)18-7-3-4-15(18)19/h5-6H,3-4,7-11H2,1-2H3. The van der Waals surface area contributed by atoms with Crippen molar-refractivity contribution in [2.24, 2.45) is 0 Å². The predicted molar refractivity (Wildman–Crippen MR) is 87.1 cm³/mol. The average molecular weight is 338 g/mol. The van der Waals surface area contributed by atoms with E-state index in [-0.39, 0.29) is 5.91 Å². The summed E-state index contributed by atoms with van der Waals surface area (Å²) in [6, 6.07) is 3.45. The van der Waals surface area contributed by atoms with E-state index >= 15 is 0 Å². The molecule has 0 atom stereocenters. The van der Waals surface area contributed by atoms with Gasteiger partial charge in [-0.2, -0.15) is 4.31 Å². The van der Waals surface area contributed by atoms with Crippen molar-refractivity contribution in [1.29, 1.82) is 0 Å². The van der Waals surface area contributed by atoms with Crippen molar-refractivity contribution in [3.63, 3.8) is 0 Å². The highest BCUT2D eigenvalue weighted by Crippen LogP contribution is 2.34. The van der Waals surface area contributed by atoms with Gasteiger partial charge in [0.05, 0.1) is 23.8 Å². The number of carbonyl (C=O) groups excluding carboxylic acids is 1. The number of hydrogen-bond acceptors (Lipinski definition) is 4. The van der Waals surface area contributed by atoms with E-state index < -0.39 is 10.0 Å². The van der Waals surface area contributed by atoms with E-state index in [0.717, 1.165) is 17.7 Å². The highest BCUT2D eigenvalue weighted by molar-refractivity contribution is 7.89. The smallest absolute Gasteiger partial charge is 0.243 e. The van der Waals surface area contributed by atoms with Crippen LogP contribution in [0.5, 0.6) is 0 Å². The van der Waals surface area contributed by atoms with Crippen molar-refractivity contribution in [2.75, 3.05) is 37.7 Å². The van der Waals surface area contributed by atoms with Crippen LogP contribution in [0.3, 0.4) is 0 Å². The van der Waals surface area contributed by atoms with Crippen LogP contribution in [-0.2, 0) is 19.6 Å². The minimum atomic E-state index is -3.56. The maximum absolute atomic E-state index is 12.9. The summed E-state index contributed by atoms with van der Waals surface area (Å²) < 4.78 is 32.6. The molecule has 2 fully saturated rings.